The van der Waals surface area contributed by atoms with Crippen molar-refractivity contribution < 1.29 is 4.74 Å². The van der Waals surface area contributed by atoms with Crippen molar-refractivity contribution in [2.45, 2.75) is 11.5 Å². The molecule has 0 aliphatic heterocycles. The summed E-state index contributed by atoms with van der Waals surface area (Å²) < 4.78 is 4.93. The molecule has 0 atom stereocenters. The summed E-state index contributed by atoms with van der Waals surface area (Å²) in [5, 5.41) is 0. The van der Waals surface area contributed by atoms with Crippen LogP contribution in [0.25, 0.3) is 0 Å². The average Bonchev–Trinajstić information content (AvgIpc) is 1.95. The van der Waals surface area contributed by atoms with Crippen LogP contribution in [0.3, 0.4) is 0 Å². The first kappa shape index (κ1) is 7.51. The lowest BCUT2D eigenvalue weighted by molar-refractivity contribution is 0.185. The maximum atomic E-state index is 4.93. The van der Waals surface area contributed by atoms with Crippen LogP contribution in [0.4, 0.5) is 0 Å². The first-order chi connectivity index (χ1) is 4.83. The van der Waals surface area contributed by atoms with Crippen molar-refractivity contribution in [3.8, 4) is 0 Å². The zero-order valence-corrected chi connectivity index (χ0v) is 6.65. The fraction of sp³-hybridized carbons (Fsp3) is 0.250. The average molecular weight is 153 g/mol. The lowest BCUT2D eigenvalue weighted by Gasteiger charge is -1.97. The van der Waals surface area contributed by atoms with E-state index in [1.807, 2.05) is 24.3 Å². The molecule has 1 radical (unpaired) electrons. The van der Waals surface area contributed by atoms with Crippen LogP contribution in [0.2, 0.25) is 0 Å². The third kappa shape index (κ3) is 1.97. The molecule has 0 fully saturated rings. The standard InChI is InChI=1S/C8H9OS/c1-9-6-7-2-4-8(10)5-3-7/h2-5H,6H2,1H3. The molecule has 53 valence electrons. The maximum Gasteiger partial charge on any atom is 0.0713 e. The van der Waals surface area contributed by atoms with Crippen molar-refractivity contribution in [3.05, 3.63) is 29.8 Å². The van der Waals surface area contributed by atoms with Gasteiger partial charge in [-0.25, -0.2) is 0 Å². The largest absolute Gasteiger partial charge is 0.380 e. The monoisotopic (exact) mass is 153 g/mol. The molecule has 0 unspecified atom stereocenters. The van der Waals surface area contributed by atoms with Crippen LogP contribution in [0.5, 0.6) is 0 Å². The van der Waals surface area contributed by atoms with Gasteiger partial charge in [0.25, 0.3) is 0 Å². The van der Waals surface area contributed by atoms with Crippen molar-refractivity contribution in [2.24, 2.45) is 0 Å². The molecule has 2 heteroatoms. The Labute approximate surface area is 66.4 Å². The van der Waals surface area contributed by atoms with Crippen LogP contribution in [-0.4, -0.2) is 7.11 Å². The molecule has 0 aromatic heterocycles. The van der Waals surface area contributed by atoms with Gasteiger partial charge in [-0.1, -0.05) is 24.8 Å². The maximum absolute atomic E-state index is 4.93. The topological polar surface area (TPSA) is 9.23 Å². The van der Waals surface area contributed by atoms with Crippen LogP contribution in [0.15, 0.2) is 29.2 Å². The van der Waals surface area contributed by atoms with Crippen LogP contribution in [-0.2, 0) is 11.3 Å². The molecular weight excluding hydrogens is 144 g/mol. The molecule has 0 spiro atoms. The van der Waals surface area contributed by atoms with E-state index in [9.17, 15) is 0 Å². The first-order valence-electron chi connectivity index (χ1n) is 3.08. The second kappa shape index (κ2) is 3.54. The quantitative estimate of drug-likeness (QED) is 0.634. The van der Waals surface area contributed by atoms with Gasteiger partial charge < -0.3 is 4.74 Å². The summed E-state index contributed by atoms with van der Waals surface area (Å²) in [6.07, 6.45) is 0. The van der Waals surface area contributed by atoms with Crippen LogP contribution >= 0.6 is 12.6 Å². The van der Waals surface area contributed by atoms with Gasteiger partial charge in [-0.15, -0.1) is 0 Å². The number of ether oxygens (including phenoxy) is 1. The zero-order chi connectivity index (χ0) is 7.40. The van der Waals surface area contributed by atoms with Gasteiger partial charge in [0.15, 0.2) is 0 Å². The number of methoxy groups -OCH3 is 1. The molecule has 0 heterocycles. The zero-order valence-electron chi connectivity index (χ0n) is 5.83. The van der Waals surface area contributed by atoms with E-state index in [0.29, 0.717) is 6.61 Å². The Morgan fingerprint density at radius 3 is 2.40 bits per heavy atom. The first-order valence-corrected chi connectivity index (χ1v) is 3.48. The molecule has 10 heavy (non-hydrogen) atoms. The fourth-order valence-corrected chi connectivity index (χ4v) is 0.888. The minimum absolute atomic E-state index is 0.662. The summed E-state index contributed by atoms with van der Waals surface area (Å²) in [5.41, 5.74) is 1.16. The fourth-order valence-electron chi connectivity index (χ4n) is 0.752. The molecule has 1 nitrogen and oxygen atoms in total. The van der Waals surface area contributed by atoms with Crippen LogP contribution in [0.1, 0.15) is 5.56 Å². The molecule has 0 saturated carbocycles. The van der Waals surface area contributed by atoms with E-state index in [1.165, 1.54) is 0 Å². The van der Waals surface area contributed by atoms with E-state index in [2.05, 4.69) is 0 Å². The van der Waals surface area contributed by atoms with Crippen molar-refractivity contribution >= 4 is 12.6 Å². The number of rotatable bonds is 2. The van der Waals surface area contributed by atoms with E-state index >= 15 is 0 Å². The van der Waals surface area contributed by atoms with Gasteiger partial charge in [0, 0.05) is 12.0 Å². The Hall–Kier alpha value is -0.600. The molecule has 0 aliphatic rings. The highest BCUT2D eigenvalue weighted by Crippen LogP contribution is 2.07. The number of hydrogen-bond donors (Lipinski definition) is 0. The lowest BCUT2D eigenvalue weighted by Crippen LogP contribution is -1.85. The van der Waals surface area contributed by atoms with Crippen molar-refractivity contribution in [2.75, 3.05) is 7.11 Å². The number of benzene rings is 1. The van der Waals surface area contributed by atoms with Gasteiger partial charge in [0.05, 0.1) is 6.61 Å². The summed E-state index contributed by atoms with van der Waals surface area (Å²) in [6.45, 7) is 0.662. The van der Waals surface area contributed by atoms with Crippen molar-refractivity contribution in [1.29, 1.82) is 0 Å². The van der Waals surface area contributed by atoms with Crippen LogP contribution in [0, 0.1) is 0 Å². The predicted molar refractivity (Wildman–Crippen MR) is 43.0 cm³/mol. The summed E-state index contributed by atoms with van der Waals surface area (Å²) in [7, 11) is 1.68. The van der Waals surface area contributed by atoms with Crippen LogP contribution < -0.4 is 0 Å². The highest BCUT2D eigenvalue weighted by Gasteiger charge is 1.89. The normalized spacial score (nSPS) is 9.70. The summed E-state index contributed by atoms with van der Waals surface area (Å²) in [5.74, 6) is 0. The van der Waals surface area contributed by atoms with Gasteiger partial charge in [-0.2, -0.15) is 0 Å². The minimum Gasteiger partial charge on any atom is -0.380 e. The van der Waals surface area contributed by atoms with E-state index in [-0.39, 0.29) is 0 Å². The summed E-state index contributed by atoms with van der Waals surface area (Å²) >= 11 is 4.91. The molecule has 0 amide bonds. The Morgan fingerprint density at radius 1 is 1.30 bits per heavy atom. The Balaban J connectivity index is 2.69. The molecule has 0 aliphatic carbocycles. The molecule has 1 aromatic rings. The van der Waals surface area contributed by atoms with E-state index < -0.39 is 0 Å². The molecular formula is C8H9OS. The van der Waals surface area contributed by atoms with Gasteiger partial charge in [-0.05, 0) is 17.7 Å². The lowest BCUT2D eigenvalue weighted by atomic mass is 10.2. The number of hydrogen-bond acceptors (Lipinski definition) is 1. The summed E-state index contributed by atoms with van der Waals surface area (Å²) in [6, 6.07) is 7.77. The third-order valence-corrected chi connectivity index (χ3v) is 1.51. The highest BCUT2D eigenvalue weighted by atomic mass is 32.1. The molecule has 0 saturated heterocycles. The van der Waals surface area contributed by atoms with E-state index in [1.54, 1.807) is 7.11 Å². The Morgan fingerprint density at radius 2 is 1.90 bits per heavy atom. The Kier molecular flexibility index (Phi) is 2.66. The van der Waals surface area contributed by atoms with Crippen molar-refractivity contribution in [3.63, 3.8) is 0 Å². The second-order valence-corrected chi connectivity index (χ2v) is 2.55. The predicted octanol–water partition coefficient (Wildman–Crippen LogP) is 2.39. The molecule has 0 N–H and O–H groups in total. The van der Waals surface area contributed by atoms with E-state index in [4.69, 9.17) is 17.4 Å². The molecule has 1 rings (SSSR count). The third-order valence-electron chi connectivity index (χ3n) is 1.23. The molecule has 1 aromatic carbocycles. The smallest absolute Gasteiger partial charge is 0.0713 e. The van der Waals surface area contributed by atoms with E-state index in [0.717, 1.165) is 10.5 Å². The van der Waals surface area contributed by atoms with Gasteiger partial charge in [0.2, 0.25) is 0 Å². The minimum atomic E-state index is 0.662. The second-order valence-electron chi connectivity index (χ2n) is 2.08. The highest BCUT2D eigenvalue weighted by molar-refractivity contribution is 7.80. The van der Waals surface area contributed by atoms with Gasteiger partial charge in [-0.3, -0.25) is 0 Å². The molecule has 0 bridgehead atoms. The Bertz CT molecular complexity index is 193. The van der Waals surface area contributed by atoms with Gasteiger partial charge in [0.1, 0.15) is 0 Å². The summed E-state index contributed by atoms with van der Waals surface area (Å²) in [4.78, 5) is 0.875. The van der Waals surface area contributed by atoms with Gasteiger partial charge >= 0.3 is 0 Å². The SMILES string of the molecule is COCc1ccc([S])cc1. The van der Waals surface area contributed by atoms with Crippen molar-refractivity contribution in [1.82, 2.24) is 0 Å².